The van der Waals surface area contributed by atoms with E-state index < -0.39 is 0 Å². The molecule has 0 amide bonds. The minimum Gasteiger partial charge on any atom is -0.0788 e. The molecule has 0 saturated carbocycles. The van der Waals surface area contributed by atoms with Gasteiger partial charge in [-0.05, 0) is 103 Å². The normalized spacial score (nSPS) is 19.0. The van der Waals surface area contributed by atoms with Crippen molar-refractivity contribution in [2.75, 3.05) is 0 Å². The van der Waals surface area contributed by atoms with Crippen LogP contribution in [0.15, 0.2) is 71.8 Å². The monoisotopic (exact) mass is 510 g/mol. The smallest absolute Gasteiger partial charge is 0.0788 e. The second kappa shape index (κ2) is 9.26. The highest BCUT2D eigenvalue weighted by molar-refractivity contribution is 6.88. The number of benzene rings is 4. The molecule has 2 unspecified atom stereocenters. The lowest BCUT2D eigenvalue weighted by molar-refractivity contribution is 0.595. The molecule has 6 rings (SSSR count). The van der Waals surface area contributed by atoms with Crippen LogP contribution in [0, 0.1) is 26.7 Å². The Hall–Kier alpha value is -3.06. The summed E-state index contributed by atoms with van der Waals surface area (Å²) in [4.78, 5) is 0. The Labute approximate surface area is 236 Å². The molecule has 198 valence electrons. The van der Waals surface area contributed by atoms with E-state index in [9.17, 15) is 0 Å². The summed E-state index contributed by atoms with van der Waals surface area (Å²) < 4.78 is 0. The van der Waals surface area contributed by atoms with Crippen LogP contribution in [-0.2, 0) is 18.3 Å². The van der Waals surface area contributed by atoms with Crippen LogP contribution < -0.4 is 10.9 Å². The van der Waals surface area contributed by atoms with Gasteiger partial charge in [0, 0.05) is 0 Å². The fourth-order valence-corrected chi connectivity index (χ4v) is 8.32. The Morgan fingerprint density at radius 2 is 1.49 bits per heavy atom. The number of hydrogen-bond donors (Lipinski definition) is 0. The maximum absolute atomic E-state index is 2.50. The van der Waals surface area contributed by atoms with Crippen LogP contribution >= 0.6 is 0 Å². The second-order valence-corrected chi connectivity index (χ2v) is 13.7. The third kappa shape index (κ3) is 4.21. The lowest BCUT2D eigenvalue weighted by Crippen LogP contribution is -2.52. The van der Waals surface area contributed by atoms with Gasteiger partial charge in [0.25, 0.3) is 0 Å². The molecule has 0 radical (unpaired) electrons. The first kappa shape index (κ1) is 26.2. The van der Waals surface area contributed by atoms with Crippen molar-refractivity contribution >= 4 is 39.2 Å². The van der Waals surface area contributed by atoms with E-state index in [0.29, 0.717) is 18.4 Å². The molecule has 0 aliphatic heterocycles. The van der Waals surface area contributed by atoms with Crippen LogP contribution in [0.25, 0.3) is 21.5 Å². The summed E-state index contributed by atoms with van der Waals surface area (Å²) >= 11 is 0. The van der Waals surface area contributed by atoms with Crippen molar-refractivity contribution in [2.24, 2.45) is 5.92 Å². The molecule has 0 nitrogen and oxygen atoms in total. The average Bonchev–Trinajstić information content (AvgIpc) is 2.84. The predicted octanol–water partition coefficient (Wildman–Crippen LogP) is 8.84. The van der Waals surface area contributed by atoms with Gasteiger partial charge >= 0.3 is 0 Å². The van der Waals surface area contributed by atoms with Gasteiger partial charge in [-0.25, -0.2) is 0 Å². The Bertz CT molecular complexity index is 1680. The largest absolute Gasteiger partial charge is 0.218 e. The zero-order chi connectivity index (χ0) is 27.8. The van der Waals surface area contributed by atoms with E-state index in [4.69, 9.17) is 0 Å². The van der Waals surface area contributed by atoms with Crippen LogP contribution in [0.2, 0.25) is 5.82 Å². The lowest BCUT2D eigenvalue weighted by Gasteiger charge is -2.36. The van der Waals surface area contributed by atoms with Gasteiger partial charge in [-0.15, -0.1) is 0 Å². The van der Waals surface area contributed by atoms with E-state index in [0.717, 1.165) is 12.8 Å². The maximum Gasteiger partial charge on any atom is 0.218 e. The summed E-state index contributed by atoms with van der Waals surface area (Å²) in [6, 6.07) is 19.3. The first-order valence-electron chi connectivity index (χ1n) is 14.9. The molecular weight excluding hydrogens is 467 g/mol. The molecule has 0 bridgehead atoms. The van der Waals surface area contributed by atoms with Crippen molar-refractivity contribution in [3.8, 4) is 0 Å². The van der Waals surface area contributed by atoms with Gasteiger partial charge in [0.1, 0.15) is 0 Å². The molecule has 2 atom stereocenters. The Balaban J connectivity index is 1.70. The highest BCUT2D eigenvalue weighted by Gasteiger charge is 2.38. The van der Waals surface area contributed by atoms with Gasteiger partial charge in [-0.2, -0.15) is 0 Å². The van der Waals surface area contributed by atoms with Crippen molar-refractivity contribution in [3.05, 3.63) is 105 Å². The summed E-state index contributed by atoms with van der Waals surface area (Å²) in [7, 11) is 0. The van der Waals surface area contributed by atoms with E-state index >= 15 is 0 Å². The number of rotatable bonds is 3. The number of allylic oxidation sites excluding steroid dienone is 4. The molecule has 0 aromatic heterocycles. The van der Waals surface area contributed by atoms with Crippen LogP contribution in [0.3, 0.4) is 0 Å². The molecule has 0 N–H and O–H groups in total. The quantitative estimate of drug-likeness (QED) is 0.191. The fraction of sp³-hybridized carbons (Fsp3) is 0.368. The standard InChI is InChI=1S/C38H43B/c1-22-18-24(3)36(25(4)19-22)39(37-26(5)20-23(2)21-27(37)6)33-17-13-29-10-14-30-32(38(7,8)9)16-12-28-11-15-31(33)35(29)34(28)30/h10,12-14,16-21,24,36H,11,15H2,1-9H3. The highest BCUT2D eigenvalue weighted by atomic mass is 14.3. The molecule has 2 aliphatic carbocycles. The van der Waals surface area contributed by atoms with Crippen molar-refractivity contribution in [3.63, 3.8) is 0 Å². The van der Waals surface area contributed by atoms with E-state index in [1.807, 2.05) is 0 Å². The molecule has 4 aromatic carbocycles. The zero-order valence-corrected chi connectivity index (χ0v) is 25.4. The van der Waals surface area contributed by atoms with Crippen molar-refractivity contribution < 1.29 is 0 Å². The Morgan fingerprint density at radius 1 is 0.795 bits per heavy atom. The minimum absolute atomic E-state index is 0.115. The minimum atomic E-state index is 0.115. The van der Waals surface area contributed by atoms with Crippen LogP contribution in [0.4, 0.5) is 0 Å². The Kier molecular flexibility index (Phi) is 6.22. The Morgan fingerprint density at radius 3 is 2.15 bits per heavy atom. The summed E-state index contributed by atoms with van der Waals surface area (Å²) in [6.45, 7) is 21.4. The van der Waals surface area contributed by atoms with E-state index in [1.54, 1.807) is 11.0 Å². The van der Waals surface area contributed by atoms with Gasteiger partial charge in [-0.3, -0.25) is 0 Å². The third-order valence-electron chi connectivity index (χ3n) is 9.66. The van der Waals surface area contributed by atoms with E-state index in [-0.39, 0.29) is 5.41 Å². The van der Waals surface area contributed by atoms with Gasteiger partial charge in [0.2, 0.25) is 6.71 Å². The van der Waals surface area contributed by atoms with Crippen molar-refractivity contribution in [1.29, 1.82) is 0 Å². The van der Waals surface area contributed by atoms with Crippen molar-refractivity contribution in [1.82, 2.24) is 0 Å². The van der Waals surface area contributed by atoms with E-state index in [1.165, 1.54) is 66.0 Å². The van der Waals surface area contributed by atoms with Crippen LogP contribution in [-0.4, -0.2) is 6.71 Å². The van der Waals surface area contributed by atoms with Gasteiger partial charge in [0.15, 0.2) is 0 Å². The first-order chi connectivity index (χ1) is 18.5. The molecule has 0 saturated heterocycles. The van der Waals surface area contributed by atoms with Crippen LogP contribution in [0.5, 0.6) is 0 Å². The van der Waals surface area contributed by atoms with Gasteiger partial charge in [0.05, 0.1) is 0 Å². The molecule has 1 heteroatoms. The van der Waals surface area contributed by atoms with Gasteiger partial charge in [-0.1, -0.05) is 127 Å². The number of hydrogen-bond acceptors (Lipinski definition) is 0. The molecule has 0 heterocycles. The summed E-state index contributed by atoms with van der Waals surface area (Å²) in [5.74, 6) is 0.936. The fourth-order valence-electron chi connectivity index (χ4n) is 8.32. The predicted molar refractivity (Wildman–Crippen MR) is 174 cm³/mol. The SMILES string of the molecule is CC1=CC(C)C(B(c2ccc3ccc4c(C(C)(C)C)ccc5c4c3c2CC5)c2c(C)cc(C)cc2C)C(C)=C1. The molecule has 0 fully saturated rings. The molecule has 0 spiro atoms. The summed E-state index contributed by atoms with van der Waals surface area (Å²) in [5, 5.41) is 5.87. The second-order valence-electron chi connectivity index (χ2n) is 13.7. The molecule has 2 aliphatic rings. The highest BCUT2D eigenvalue weighted by Crippen LogP contribution is 2.42. The first-order valence-corrected chi connectivity index (χ1v) is 14.9. The topological polar surface area (TPSA) is 0 Å². The maximum atomic E-state index is 2.50. The molecular formula is C38H43B. The van der Waals surface area contributed by atoms with E-state index in [2.05, 4.69) is 123 Å². The average molecular weight is 511 g/mol. The molecule has 4 aromatic rings. The lowest BCUT2D eigenvalue weighted by atomic mass is 9.28. The number of aryl methyl sites for hydroxylation is 5. The van der Waals surface area contributed by atoms with Gasteiger partial charge < -0.3 is 0 Å². The summed E-state index contributed by atoms with van der Waals surface area (Å²) in [5.41, 5.74) is 14.9. The third-order valence-corrected chi connectivity index (χ3v) is 9.66. The molecule has 39 heavy (non-hydrogen) atoms. The van der Waals surface area contributed by atoms with Crippen LogP contribution in [0.1, 0.15) is 74.9 Å². The zero-order valence-electron chi connectivity index (χ0n) is 25.4. The summed E-state index contributed by atoms with van der Waals surface area (Å²) in [6.07, 6.45) is 7.18. The van der Waals surface area contributed by atoms with Crippen molar-refractivity contribution in [2.45, 2.75) is 86.4 Å².